The molecule has 0 fully saturated rings. The molecular formula is C13H21BrClNO. The molecule has 0 spiro atoms. The molecule has 1 aromatic carbocycles. The monoisotopic (exact) mass is 321 g/mol. The third-order valence-corrected chi connectivity index (χ3v) is 2.95. The zero-order valence-electron chi connectivity index (χ0n) is 10.5. The largest absolute Gasteiger partial charge is 0.493 e. The lowest BCUT2D eigenvalue weighted by Crippen LogP contribution is -2.14. The summed E-state index contributed by atoms with van der Waals surface area (Å²) in [5.74, 6) is 0.916. The van der Waals surface area contributed by atoms with E-state index < -0.39 is 0 Å². The van der Waals surface area contributed by atoms with E-state index in [0.717, 1.165) is 23.3 Å². The van der Waals surface area contributed by atoms with E-state index in [-0.39, 0.29) is 12.4 Å². The molecule has 1 rings (SSSR count). The van der Waals surface area contributed by atoms with Crippen molar-refractivity contribution in [3.05, 3.63) is 28.2 Å². The summed E-state index contributed by atoms with van der Waals surface area (Å²) in [7, 11) is 0. The third kappa shape index (κ3) is 6.29. The summed E-state index contributed by atoms with van der Waals surface area (Å²) in [5.41, 5.74) is 1.28. The molecule has 0 aliphatic carbocycles. The molecule has 0 heterocycles. The van der Waals surface area contributed by atoms with E-state index in [4.69, 9.17) is 4.74 Å². The van der Waals surface area contributed by atoms with Crippen LogP contribution in [-0.4, -0.2) is 13.2 Å². The molecule has 0 amide bonds. The minimum Gasteiger partial charge on any atom is -0.493 e. The topological polar surface area (TPSA) is 21.3 Å². The van der Waals surface area contributed by atoms with E-state index in [0.29, 0.717) is 6.61 Å². The standard InChI is InChI=1S/C13H20BrNO.ClH/c1-3-5-8-15-10-11-6-7-13(16-4-2)12(14)9-11;/h6-7,9,15H,3-5,8,10H2,1-2H3;1H. The van der Waals surface area contributed by atoms with Crippen LogP contribution in [0.1, 0.15) is 32.3 Å². The molecule has 0 atom stereocenters. The normalized spacial score (nSPS) is 9.82. The number of benzene rings is 1. The Morgan fingerprint density at radius 2 is 2.06 bits per heavy atom. The number of unbranched alkanes of at least 4 members (excludes halogenated alkanes) is 1. The predicted molar refractivity (Wildman–Crippen MR) is 79.2 cm³/mol. The highest BCUT2D eigenvalue weighted by molar-refractivity contribution is 9.10. The van der Waals surface area contributed by atoms with E-state index in [1.807, 2.05) is 13.0 Å². The molecule has 4 heteroatoms. The van der Waals surface area contributed by atoms with Crippen molar-refractivity contribution in [3.8, 4) is 5.75 Å². The second kappa shape index (κ2) is 9.75. The zero-order chi connectivity index (χ0) is 11.8. The van der Waals surface area contributed by atoms with Crippen LogP contribution in [0.4, 0.5) is 0 Å². The Kier molecular flexibility index (Phi) is 9.60. The van der Waals surface area contributed by atoms with Crippen molar-refractivity contribution in [2.45, 2.75) is 33.2 Å². The van der Waals surface area contributed by atoms with Crippen LogP contribution in [0.5, 0.6) is 5.75 Å². The highest BCUT2D eigenvalue weighted by atomic mass is 79.9. The van der Waals surface area contributed by atoms with Gasteiger partial charge < -0.3 is 10.1 Å². The number of hydrogen-bond acceptors (Lipinski definition) is 2. The van der Waals surface area contributed by atoms with Crippen LogP contribution in [0.3, 0.4) is 0 Å². The number of hydrogen-bond donors (Lipinski definition) is 1. The van der Waals surface area contributed by atoms with Crippen LogP contribution in [0.2, 0.25) is 0 Å². The quantitative estimate of drug-likeness (QED) is 0.761. The Hall–Kier alpha value is -0.250. The van der Waals surface area contributed by atoms with Crippen molar-refractivity contribution in [2.75, 3.05) is 13.2 Å². The Bertz CT molecular complexity index is 320. The van der Waals surface area contributed by atoms with Crippen molar-refractivity contribution in [2.24, 2.45) is 0 Å². The molecule has 0 aliphatic rings. The molecule has 0 radical (unpaired) electrons. The molecule has 0 bridgehead atoms. The lowest BCUT2D eigenvalue weighted by atomic mass is 10.2. The van der Waals surface area contributed by atoms with Gasteiger partial charge in [0.15, 0.2) is 0 Å². The second-order valence-electron chi connectivity index (χ2n) is 3.73. The van der Waals surface area contributed by atoms with Gasteiger partial charge in [-0.2, -0.15) is 0 Å². The van der Waals surface area contributed by atoms with Gasteiger partial charge in [-0.05, 0) is 53.5 Å². The highest BCUT2D eigenvalue weighted by Crippen LogP contribution is 2.25. The van der Waals surface area contributed by atoms with E-state index >= 15 is 0 Å². The summed E-state index contributed by atoms with van der Waals surface area (Å²) in [6.07, 6.45) is 2.47. The van der Waals surface area contributed by atoms with Crippen LogP contribution >= 0.6 is 28.3 Å². The first kappa shape index (κ1) is 16.8. The molecule has 98 valence electrons. The minimum atomic E-state index is 0. The summed E-state index contributed by atoms with van der Waals surface area (Å²) < 4.78 is 6.50. The molecule has 0 aromatic heterocycles. The van der Waals surface area contributed by atoms with Gasteiger partial charge in [0, 0.05) is 6.54 Å². The Labute approximate surface area is 119 Å². The summed E-state index contributed by atoms with van der Waals surface area (Å²) in [6, 6.07) is 6.24. The van der Waals surface area contributed by atoms with Gasteiger partial charge in [0.2, 0.25) is 0 Å². The molecule has 0 saturated heterocycles. The summed E-state index contributed by atoms with van der Waals surface area (Å²) in [5, 5.41) is 3.42. The summed E-state index contributed by atoms with van der Waals surface area (Å²) >= 11 is 3.52. The molecule has 1 aromatic rings. The Morgan fingerprint density at radius 1 is 1.29 bits per heavy atom. The van der Waals surface area contributed by atoms with Crippen LogP contribution < -0.4 is 10.1 Å². The average molecular weight is 323 g/mol. The fraction of sp³-hybridized carbons (Fsp3) is 0.538. The van der Waals surface area contributed by atoms with Crippen molar-refractivity contribution < 1.29 is 4.74 Å². The number of nitrogens with one attached hydrogen (secondary N) is 1. The van der Waals surface area contributed by atoms with Crippen molar-refractivity contribution in [1.82, 2.24) is 5.32 Å². The van der Waals surface area contributed by atoms with Gasteiger partial charge in [0.25, 0.3) is 0 Å². The molecule has 0 aliphatic heterocycles. The highest BCUT2D eigenvalue weighted by Gasteiger charge is 2.01. The lowest BCUT2D eigenvalue weighted by Gasteiger charge is -2.08. The SMILES string of the molecule is CCCCNCc1ccc(OCC)c(Br)c1.Cl. The van der Waals surface area contributed by atoms with Gasteiger partial charge in [0.05, 0.1) is 11.1 Å². The molecular weight excluding hydrogens is 302 g/mol. The van der Waals surface area contributed by atoms with Gasteiger partial charge in [-0.1, -0.05) is 19.4 Å². The first-order chi connectivity index (χ1) is 7.77. The first-order valence-electron chi connectivity index (χ1n) is 5.89. The molecule has 0 saturated carbocycles. The fourth-order valence-corrected chi connectivity index (χ4v) is 2.00. The van der Waals surface area contributed by atoms with E-state index in [9.17, 15) is 0 Å². The van der Waals surface area contributed by atoms with E-state index in [2.05, 4.69) is 40.3 Å². The molecule has 17 heavy (non-hydrogen) atoms. The molecule has 2 nitrogen and oxygen atoms in total. The van der Waals surface area contributed by atoms with Gasteiger partial charge in [-0.25, -0.2) is 0 Å². The number of halogens is 2. The summed E-state index contributed by atoms with van der Waals surface area (Å²) in [4.78, 5) is 0. The van der Waals surface area contributed by atoms with Gasteiger partial charge >= 0.3 is 0 Å². The van der Waals surface area contributed by atoms with Gasteiger partial charge in [-0.3, -0.25) is 0 Å². The predicted octanol–water partition coefficient (Wildman–Crippen LogP) is 4.16. The maximum Gasteiger partial charge on any atom is 0.133 e. The zero-order valence-corrected chi connectivity index (χ0v) is 12.9. The van der Waals surface area contributed by atoms with E-state index in [1.54, 1.807) is 0 Å². The maximum absolute atomic E-state index is 5.47. The van der Waals surface area contributed by atoms with Gasteiger partial charge in [-0.15, -0.1) is 12.4 Å². The van der Waals surface area contributed by atoms with Crippen molar-refractivity contribution in [3.63, 3.8) is 0 Å². The van der Waals surface area contributed by atoms with Crippen molar-refractivity contribution >= 4 is 28.3 Å². The van der Waals surface area contributed by atoms with Crippen LogP contribution in [0.25, 0.3) is 0 Å². The smallest absolute Gasteiger partial charge is 0.133 e. The lowest BCUT2D eigenvalue weighted by molar-refractivity contribution is 0.338. The Morgan fingerprint density at radius 3 is 2.65 bits per heavy atom. The Balaban J connectivity index is 0.00000256. The van der Waals surface area contributed by atoms with E-state index in [1.165, 1.54) is 18.4 Å². The number of rotatable bonds is 7. The van der Waals surface area contributed by atoms with Gasteiger partial charge in [0.1, 0.15) is 5.75 Å². The van der Waals surface area contributed by atoms with Crippen LogP contribution in [0, 0.1) is 0 Å². The minimum absolute atomic E-state index is 0. The molecule has 1 N–H and O–H groups in total. The fourth-order valence-electron chi connectivity index (χ4n) is 1.46. The second-order valence-corrected chi connectivity index (χ2v) is 4.58. The van der Waals surface area contributed by atoms with Crippen LogP contribution in [0.15, 0.2) is 22.7 Å². The number of ether oxygens (including phenoxy) is 1. The first-order valence-corrected chi connectivity index (χ1v) is 6.69. The van der Waals surface area contributed by atoms with Crippen molar-refractivity contribution in [1.29, 1.82) is 0 Å². The average Bonchev–Trinajstić information content (AvgIpc) is 2.28. The third-order valence-electron chi connectivity index (χ3n) is 2.33. The summed E-state index contributed by atoms with van der Waals surface area (Å²) in [6.45, 7) is 6.90. The molecule has 0 unspecified atom stereocenters. The maximum atomic E-state index is 5.47. The van der Waals surface area contributed by atoms with Crippen LogP contribution in [-0.2, 0) is 6.54 Å².